The molecule has 22 heavy (non-hydrogen) atoms. The van der Waals surface area contributed by atoms with E-state index >= 15 is 0 Å². The van der Waals surface area contributed by atoms with Crippen LogP contribution in [0.2, 0.25) is 0 Å². The largest absolute Gasteiger partial charge is 0.349 e. The van der Waals surface area contributed by atoms with Gasteiger partial charge in [-0.15, -0.1) is 12.4 Å². The van der Waals surface area contributed by atoms with Crippen molar-refractivity contribution in [2.45, 2.75) is 39.3 Å². The van der Waals surface area contributed by atoms with Gasteiger partial charge in [-0.1, -0.05) is 29.8 Å². The number of rotatable bonds is 6. The second kappa shape index (κ2) is 9.43. The number of likely N-dealkylation sites (N-methyl/N-ethyl adjacent to an activating group) is 1. The lowest BCUT2D eigenvalue weighted by molar-refractivity contribution is -0.132. The van der Waals surface area contributed by atoms with E-state index in [4.69, 9.17) is 5.73 Å². The summed E-state index contributed by atoms with van der Waals surface area (Å²) in [6, 6.07) is 7.49. The molecule has 1 rings (SSSR count). The molecule has 0 aliphatic rings. The first kappa shape index (κ1) is 20.4. The number of hydrogen-bond donors (Lipinski definition) is 2. The second-order valence-corrected chi connectivity index (χ2v) is 5.46. The molecule has 0 bridgehead atoms. The van der Waals surface area contributed by atoms with Crippen molar-refractivity contribution >= 4 is 24.2 Å². The molecule has 0 heterocycles. The Kier molecular flexibility index (Phi) is 8.75. The Hall–Kier alpha value is -1.59. The molecule has 124 valence electrons. The molecule has 0 aliphatic carbocycles. The summed E-state index contributed by atoms with van der Waals surface area (Å²) in [6.45, 7) is 5.77. The van der Waals surface area contributed by atoms with E-state index in [0.717, 1.165) is 11.1 Å². The predicted octanol–water partition coefficient (Wildman–Crippen LogP) is 1.79. The summed E-state index contributed by atoms with van der Waals surface area (Å²) in [5.41, 5.74) is 7.65. The monoisotopic (exact) mass is 327 g/mol. The first-order valence-electron chi connectivity index (χ1n) is 7.14. The number of benzene rings is 1. The van der Waals surface area contributed by atoms with Crippen molar-refractivity contribution in [1.82, 2.24) is 10.2 Å². The van der Waals surface area contributed by atoms with Crippen LogP contribution in [0.25, 0.3) is 0 Å². The van der Waals surface area contributed by atoms with Crippen molar-refractivity contribution in [3.63, 3.8) is 0 Å². The van der Waals surface area contributed by atoms with Gasteiger partial charge in [0.05, 0.1) is 12.5 Å². The maximum Gasteiger partial charge on any atom is 0.225 e. The number of aryl methyl sites for hydroxylation is 1. The van der Waals surface area contributed by atoms with Crippen molar-refractivity contribution in [1.29, 1.82) is 0 Å². The summed E-state index contributed by atoms with van der Waals surface area (Å²) in [5, 5.41) is 2.84. The van der Waals surface area contributed by atoms with E-state index in [1.165, 1.54) is 6.92 Å². The molecule has 2 unspecified atom stereocenters. The van der Waals surface area contributed by atoms with Crippen LogP contribution < -0.4 is 11.1 Å². The zero-order valence-corrected chi connectivity index (χ0v) is 14.4. The Bertz CT molecular complexity index is 491. The fourth-order valence-electron chi connectivity index (χ4n) is 2.02. The second-order valence-electron chi connectivity index (χ2n) is 5.46. The summed E-state index contributed by atoms with van der Waals surface area (Å²) in [4.78, 5) is 25.3. The van der Waals surface area contributed by atoms with E-state index in [0.29, 0.717) is 6.54 Å². The van der Waals surface area contributed by atoms with E-state index in [-0.39, 0.29) is 42.7 Å². The van der Waals surface area contributed by atoms with Crippen LogP contribution in [-0.2, 0) is 9.59 Å². The zero-order chi connectivity index (χ0) is 16.0. The Morgan fingerprint density at radius 3 is 2.27 bits per heavy atom. The lowest BCUT2D eigenvalue weighted by atomic mass is 10.0. The number of halogens is 1. The Morgan fingerprint density at radius 1 is 1.27 bits per heavy atom. The molecule has 2 amide bonds. The Morgan fingerprint density at radius 2 is 1.82 bits per heavy atom. The minimum atomic E-state index is -0.317. The van der Waals surface area contributed by atoms with Gasteiger partial charge in [-0.3, -0.25) is 9.59 Å². The topological polar surface area (TPSA) is 75.4 Å². The quantitative estimate of drug-likeness (QED) is 0.836. The average molecular weight is 328 g/mol. The molecule has 5 nitrogen and oxygen atoms in total. The first-order chi connectivity index (χ1) is 9.85. The molecule has 0 aromatic heterocycles. The van der Waals surface area contributed by atoms with E-state index in [9.17, 15) is 9.59 Å². The average Bonchev–Trinajstić information content (AvgIpc) is 2.45. The number of nitrogens with two attached hydrogens (primary N) is 1. The van der Waals surface area contributed by atoms with E-state index in [2.05, 4.69) is 5.32 Å². The highest BCUT2D eigenvalue weighted by Gasteiger charge is 2.21. The molecule has 0 aliphatic heterocycles. The summed E-state index contributed by atoms with van der Waals surface area (Å²) in [7, 11) is 1.74. The summed E-state index contributed by atoms with van der Waals surface area (Å²) in [6.07, 6.45) is 0.226. The minimum Gasteiger partial charge on any atom is -0.349 e. The van der Waals surface area contributed by atoms with Gasteiger partial charge in [0.2, 0.25) is 11.8 Å². The highest BCUT2D eigenvalue weighted by molar-refractivity contribution is 5.85. The summed E-state index contributed by atoms with van der Waals surface area (Å²) in [5.74, 6) is -0.185. The van der Waals surface area contributed by atoms with Gasteiger partial charge in [-0.25, -0.2) is 0 Å². The Labute approximate surface area is 138 Å². The van der Waals surface area contributed by atoms with Crippen molar-refractivity contribution in [2.75, 3.05) is 13.6 Å². The molecule has 1 aromatic carbocycles. The highest BCUT2D eigenvalue weighted by atomic mass is 35.5. The molecule has 2 atom stereocenters. The molecule has 3 N–H and O–H groups in total. The maximum atomic E-state index is 12.3. The summed E-state index contributed by atoms with van der Waals surface area (Å²) >= 11 is 0. The molecule has 0 spiro atoms. The van der Waals surface area contributed by atoms with Gasteiger partial charge in [-0.05, 0) is 19.4 Å². The van der Waals surface area contributed by atoms with E-state index in [1.807, 2.05) is 38.1 Å². The molecule has 0 fully saturated rings. The third-order valence-electron chi connectivity index (χ3n) is 3.63. The van der Waals surface area contributed by atoms with Gasteiger partial charge in [0.1, 0.15) is 0 Å². The normalized spacial score (nSPS) is 12.8. The maximum absolute atomic E-state index is 12.3. The van der Waals surface area contributed by atoms with Crippen LogP contribution >= 0.6 is 12.4 Å². The smallest absolute Gasteiger partial charge is 0.225 e. The molecular formula is C16H26ClN3O2. The third kappa shape index (κ3) is 6.03. The van der Waals surface area contributed by atoms with Gasteiger partial charge >= 0.3 is 0 Å². The molecular weight excluding hydrogens is 302 g/mol. The number of nitrogens with one attached hydrogen (secondary N) is 1. The number of carbonyl (C=O) groups excluding carboxylic acids is 2. The number of amides is 2. The summed E-state index contributed by atoms with van der Waals surface area (Å²) < 4.78 is 0. The third-order valence-corrected chi connectivity index (χ3v) is 3.63. The van der Waals surface area contributed by atoms with Crippen molar-refractivity contribution in [3.05, 3.63) is 35.4 Å². The van der Waals surface area contributed by atoms with Crippen LogP contribution in [-0.4, -0.2) is 36.3 Å². The van der Waals surface area contributed by atoms with Crippen molar-refractivity contribution < 1.29 is 9.59 Å². The van der Waals surface area contributed by atoms with Crippen LogP contribution in [0, 0.1) is 6.92 Å². The molecule has 0 saturated heterocycles. The number of hydrogen-bond acceptors (Lipinski definition) is 3. The van der Waals surface area contributed by atoms with Gasteiger partial charge in [0.15, 0.2) is 0 Å². The first-order valence-corrected chi connectivity index (χ1v) is 7.14. The van der Waals surface area contributed by atoms with Crippen LogP contribution in [0.1, 0.15) is 37.4 Å². The van der Waals surface area contributed by atoms with E-state index in [1.54, 1.807) is 11.9 Å². The Balaban J connectivity index is 0.00000441. The lowest BCUT2D eigenvalue weighted by Gasteiger charge is -2.26. The number of nitrogens with zero attached hydrogens (tertiary/aromatic N) is 1. The van der Waals surface area contributed by atoms with Gasteiger partial charge in [0, 0.05) is 26.6 Å². The molecule has 0 saturated carbocycles. The van der Waals surface area contributed by atoms with Crippen molar-refractivity contribution in [2.24, 2.45) is 5.73 Å². The fraction of sp³-hybridized carbons (Fsp3) is 0.500. The SMILES string of the molecule is CC(=O)NC(CC(=O)N(C)C(C)CN)c1ccc(C)cc1.Cl. The highest BCUT2D eigenvalue weighted by Crippen LogP contribution is 2.19. The van der Waals surface area contributed by atoms with Gasteiger partial charge in [-0.2, -0.15) is 0 Å². The minimum absolute atomic E-state index is 0. The molecule has 6 heteroatoms. The van der Waals surface area contributed by atoms with Crippen LogP contribution in [0.4, 0.5) is 0 Å². The zero-order valence-electron chi connectivity index (χ0n) is 13.6. The predicted molar refractivity (Wildman–Crippen MR) is 90.9 cm³/mol. The molecule has 0 radical (unpaired) electrons. The fourth-order valence-corrected chi connectivity index (χ4v) is 2.02. The number of carbonyl (C=O) groups is 2. The standard InChI is InChI=1S/C16H25N3O2.ClH/c1-11-5-7-14(8-6-11)15(18-13(3)20)9-16(21)19(4)12(2)10-17;/h5-8,12,15H,9-10,17H2,1-4H3,(H,18,20);1H. The van der Waals surface area contributed by atoms with Crippen molar-refractivity contribution in [3.8, 4) is 0 Å². The van der Waals surface area contributed by atoms with Gasteiger partial charge in [0.25, 0.3) is 0 Å². The lowest BCUT2D eigenvalue weighted by Crippen LogP contribution is -2.41. The van der Waals surface area contributed by atoms with Gasteiger partial charge < -0.3 is 16.0 Å². The molecule has 1 aromatic rings. The van der Waals surface area contributed by atoms with Crippen LogP contribution in [0.15, 0.2) is 24.3 Å². The van der Waals surface area contributed by atoms with Crippen LogP contribution in [0.5, 0.6) is 0 Å². The van der Waals surface area contributed by atoms with E-state index < -0.39 is 0 Å². The van der Waals surface area contributed by atoms with Crippen LogP contribution in [0.3, 0.4) is 0 Å².